The summed E-state index contributed by atoms with van der Waals surface area (Å²) < 4.78 is 39.6. The second-order valence-electron chi connectivity index (χ2n) is 3.32. The Morgan fingerprint density at radius 1 is 1.47 bits per heavy atom. The van der Waals surface area contributed by atoms with E-state index in [0.29, 0.717) is 6.42 Å². The number of Topliss-reactive ketones (excluding diaryl/α,β-unsaturated/α-hetero) is 1. The average molecular weight is 267 g/mol. The van der Waals surface area contributed by atoms with Gasteiger partial charge >= 0.3 is 6.36 Å². The number of carbonyl (C=O) groups excluding carboxylic acids is 1. The lowest BCUT2D eigenvalue weighted by atomic mass is 10.1. The van der Waals surface area contributed by atoms with Crippen LogP contribution in [0.1, 0.15) is 23.7 Å². The molecule has 0 aliphatic heterocycles. The molecule has 0 radical (unpaired) electrons. The topological polar surface area (TPSA) is 26.3 Å². The fourth-order valence-corrected chi connectivity index (χ4v) is 1.34. The van der Waals surface area contributed by atoms with Gasteiger partial charge in [-0.1, -0.05) is 19.1 Å². The Morgan fingerprint density at radius 2 is 2.12 bits per heavy atom. The normalized spacial score (nSPS) is 13.2. The molecule has 1 aromatic carbocycles. The SMILES string of the molecule is CCC(Cl)C(=O)c1cccc(OC(F)(F)F)c1. The lowest BCUT2D eigenvalue weighted by molar-refractivity contribution is -0.274. The molecule has 0 heterocycles. The van der Waals surface area contributed by atoms with Crippen LogP contribution in [-0.2, 0) is 0 Å². The molecule has 1 unspecified atom stereocenters. The van der Waals surface area contributed by atoms with E-state index in [1.807, 2.05) is 0 Å². The maximum atomic E-state index is 12.0. The molecule has 0 amide bonds. The molecule has 0 N–H and O–H groups in total. The van der Waals surface area contributed by atoms with Crippen molar-refractivity contribution in [2.75, 3.05) is 0 Å². The summed E-state index contributed by atoms with van der Waals surface area (Å²) in [6.07, 6.45) is -4.36. The maximum Gasteiger partial charge on any atom is 0.573 e. The molecule has 6 heteroatoms. The van der Waals surface area contributed by atoms with E-state index in [0.717, 1.165) is 12.1 Å². The number of ether oxygens (including phenoxy) is 1. The number of halogens is 4. The van der Waals surface area contributed by atoms with Crippen LogP contribution in [0.25, 0.3) is 0 Å². The van der Waals surface area contributed by atoms with Gasteiger partial charge in [0.05, 0.1) is 5.38 Å². The third-order valence-corrected chi connectivity index (χ3v) is 2.50. The number of ketones is 1. The molecule has 0 aliphatic carbocycles. The Balaban J connectivity index is 2.90. The van der Waals surface area contributed by atoms with E-state index in [4.69, 9.17) is 11.6 Å². The van der Waals surface area contributed by atoms with E-state index in [-0.39, 0.29) is 5.56 Å². The van der Waals surface area contributed by atoms with E-state index in [9.17, 15) is 18.0 Å². The Morgan fingerprint density at radius 3 is 2.65 bits per heavy atom. The van der Waals surface area contributed by atoms with Gasteiger partial charge in [0.2, 0.25) is 0 Å². The van der Waals surface area contributed by atoms with Gasteiger partial charge in [-0.2, -0.15) is 0 Å². The highest BCUT2D eigenvalue weighted by Crippen LogP contribution is 2.24. The summed E-state index contributed by atoms with van der Waals surface area (Å²) in [7, 11) is 0. The molecule has 2 nitrogen and oxygen atoms in total. The molecule has 1 aromatic rings. The number of hydrogen-bond donors (Lipinski definition) is 0. The van der Waals surface area contributed by atoms with Crippen LogP contribution in [0, 0.1) is 0 Å². The van der Waals surface area contributed by atoms with Crippen LogP contribution in [0.4, 0.5) is 13.2 Å². The van der Waals surface area contributed by atoms with Crippen molar-refractivity contribution in [3.63, 3.8) is 0 Å². The summed E-state index contributed by atoms with van der Waals surface area (Å²) in [6.45, 7) is 1.71. The number of benzene rings is 1. The smallest absolute Gasteiger partial charge is 0.406 e. The fourth-order valence-electron chi connectivity index (χ4n) is 1.21. The highest BCUT2D eigenvalue weighted by atomic mass is 35.5. The zero-order chi connectivity index (χ0) is 13.1. The Labute approximate surface area is 101 Å². The van der Waals surface area contributed by atoms with E-state index in [2.05, 4.69) is 4.74 Å². The van der Waals surface area contributed by atoms with Gasteiger partial charge in [0.1, 0.15) is 5.75 Å². The first-order valence-corrected chi connectivity index (χ1v) is 5.31. The number of hydrogen-bond acceptors (Lipinski definition) is 2. The molecule has 0 aromatic heterocycles. The van der Waals surface area contributed by atoms with E-state index < -0.39 is 23.3 Å². The van der Waals surface area contributed by atoms with E-state index in [1.54, 1.807) is 6.92 Å². The Bertz CT molecular complexity index is 404. The number of rotatable bonds is 4. The van der Waals surface area contributed by atoms with Gasteiger partial charge in [-0.15, -0.1) is 24.8 Å². The summed E-state index contributed by atoms with van der Waals surface area (Å²) in [5, 5.41) is -0.740. The molecule has 0 bridgehead atoms. The van der Waals surface area contributed by atoms with Crippen LogP contribution >= 0.6 is 11.6 Å². The molecule has 0 spiro atoms. The molecule has 0 fully saturated rings. The highest BCUT2D eigenvalue weighted by molar-refractivity contribution is 6.33. The van der Waals surface area contributed by atoms with E-state index >= 15 is 0 Å². The van der Waals surface area contributed by atoms with Crippen LogP contribution in [0.15, 0.2) is 24.3 Å². The van der Waals surface area contributed by atoms with Gasteiger partial charge in [0.15, 0.2) is 5.78 Å². The summed E-state index contributed by atoms with van der Waals surface area (Å²) in [6, 6.07) is 4.87. The molecule has 0 saturated heterocycles. The Hall–Kier alpha value is -1.23. The first-order valence-electron chi connectivity index (χ1n) is 4.87. The third-order valence-electron chi connectivity index (χ3n) is 2.00. The average Bonchev–Trinajstić information content (AvgIpc) is 2.25. The molecule has 1 rings (SSSR count). The maximum absolute atomic E-state index is 12.0. The lowest BCUT2D eigenvalue weighted by Gasteiger charge is -2.10. The zero-order valence-corrected chi connectivity index (χ0v) is 9.68. The molecular formula is C11H10ClF3O2. The minimum atomic E-state index is -4.77. The van der Waals surface area contributed by atoms with Crippen molar-refractivity contribution in [2.24, 2.45) is 0 Å². The summed E-state index contributed by atoms with van der Waals surface area (Å²) in [5.41, 5.74) is 0.105. The third kappa shape index (κ3) is 4.26. The quantitative estimate of drug-likeness (QED) is 0.612. The molecule has 0 aliphatic rings. The van der Waals surface area contributed by atoms with Crippen molar-refractivity contribution < 1.29 is 22.7 Å². The first kappa shape index (κ1) is 13.8. The van der Waals surface area contributed by atoms with E-state index in [1.165, 1.54) is 12.1 Å². The minimum Gasteiger partial charge on any atom is -0.406 e. The standard InChI is InChI=1S/C11H10ClF3O2/c1-2-9(12)10(16)7-4-3-5-8(6-7)17-11(13,14)15/h3-6,9H,2H2,1H3. The predicted molar refractivity (Wildman–Crippen MR) is 57.4 cm³/mol. The monoisotopic (exact) mass is 266 g/mol. The van der Waals surface area contributed by atoms with Crippen LogP contribution in [0.2, 0.25) is 0 Å². The predicted octanol–water partition coefficient (Wildman–Crippen LogP) is 3.79. The molecule has 94 valence electrons. The van der Waals surface area contributed by atoms with Gasteiger partial charge in [-0.25, -0.2) is 0 Å². The highest BCUT2D eigenvalue weighted by Gasteiger charge is 2.31. The fraction of sp³-hybridized carbons (Fsp3) is 0.364. The summed E-state index contributed by atoms with van der Waals surface area (Å²) >= 11 is 5.72. The van der Waals surface area contributed by atoms with Crippen molar-refractivity contribution in [3.05, 3.63) is 29.8 Å². The largest absolute Gasteiger partial charge is 0.573 e. The van der Waals surface area contributed by atoms with Crippen LogP contribution < -0.4 is 4.74 Å². The minimum absolute atomic E-state index is 0.105. The van der Waals surface area contributed by atoms with Crippen LogP contribution in [0.3, 0.4) is 0 Å². The van der Waals surface area contributed by atoms with Crippen LogP contribution in [0.5, 0.6) is 5.75 Å². The van der Waals surface area contributed by atoms with Crippen molar-refractivity contribution >= 4 is 17.4 Å². The summed E-state index contributed by atoms with van der Waals surface area (Å²) in [4.78, 5) is 11.6. The van der Waals surface area contributed by atoms with Gasteiger partial charge in [-0.3, -0.25) is 4.79 Å². The first-order chi connectivity index (χ1) is 7.83. The zero-order valence-electron chi connectivity index (χ0n) is 8.92. The second kappa shape index (κ2) is 5.40. The molecule has 0 saturated carbocycles. The van der Waals surface area contributed by atoms with Crippen molar-refractivity contribution in [3.8, 4) is 5.75 Å². The second-order valence-corrected chi connectivity index (χ2v) is 3.84. The summed E-state index contributed by atoms with van der Waals surface area (Å²) in [5.74, 6) is -0.842. The van der Waals surface area contributed by atoms with Gasteiger partial charge in [-0.05, 0) is 18.6 Å². The lowest BCUT2D eigenvalue weighted by Crippen LogP contribution is -2.18. The number of carbonyl (C=O) groups is 1. The van der Waals surface area contributed by atoms with Crippen LogP contribution in [-0.4, -0.2) is 17.5 Å². The van der Waals surface area contributed by atoms with Gasteiger partial charge in [0, 0.05) is 5.56 Å². The van der Waals surface area contributed by atoms with Crippen molar-refractivity contribution in [2.45, 2.75) is 25.1 Å². The van der Waals surface area contributed by atoms with Gasteiger partial charge in [0.25, 0.3) is 0 Å². The molecule has 1 atom stereocenters. The molecular weight excluding hydrogens is 257 g/mol. The van der Waals surface area contributed by atoms with Crippen molar-refractivity contribution in [1.82, 2.24) is 0 Å². The Kier molecular flexibility index (Phi) is 4.40. The van der Waals surface area contributed by atoms with Crippen molar-refractivity contribution in [1.29, 1.82) is 0 Å². The number of alkyl halides is 4. The van der Waals surface area contributed by atoms with Gasteiger partial charge < -0.3 is 4.74 Å². The molecule has 17 heavy (non-hydrogen) atoms.